The van der Waals surface area contributed by atoms with Gasteiger partial charge in [-0.3, -0.25) is 4.79 Å². The molecule has 0 aromatic heterocycles. The van der Waals surface area contributed by atoms with Crippen LogP contribution in [0.3, 0.4) is 0 Å². The normalized spacial score (nSPS) is 15.9. The molecule has 5 nitrogen and oxygen atoms in total. The summed E-state index contributed by atoms with van der Waals surface area (Å²) < 4.78 is 0. The molecular formula is C10H19N3O2. The summed E-state index contributed by atoms with van der Waals surface area (Å²) in [5.74, 6) is 0.509. The molecule has 1 fully saturated rings. The summed E-state index contributed by atoms with van der Waals surface area (Å²) in [7, 11) is 5.29. The molecule has 3 amide bonds. The van der Waals surface area contributed by atoms with Gasteiger partial charge in [0.05, 0.1) is 0 Å². The van der Waals surface area contributed by atoms with E-state index in [0.717, 1.165) is 19.6 Å². The molecule has 1 heterocycles. The zero-order valence-electron chi connectivity index (χ0n) is 9.86. The number of amides is 3. The number of rotatable bonds is 2. The summed E-state index contributed by atoms with van der Waals surface area (Å²) in [5, 5.41) is 0. The molecule has 0 atom stereocenters. The quantitative estimate of drug-likeness (QED) is 0.652. The summed E-state index contributed by atoms with van der Waals surface area (Å²) in [5.41, 5.74) is 0. The number of nitrogens with zero attached hydrogens (tertiary/aromatic N) is 3. The van der Waals surface area contributed by atoms with Gasteiger partial charge in [0.25, 0.3) is 0 Å². The molecule has 1 aliphatic heterocycles. The standard InChI is InChI=1S/C10H19N3O2/c1-8(14)12(4)5-9-6-13(7-9)10(15)11(2)3/h9H,5-7H2,1-4H3. The van der Waals surface area contributed by atoms with Gasteiger partial charge < -0.3 is 14.7 Å². The van der Waals surface area contributed by atoms with Crippen molar-refractivity contribution in [3.05, 3.63) is 0 Å². The van der Waals surface area contributed by atoms with E-state index >= 15 is 0 Å². The van der Waals surface area contributed by atoms with E-state index in [1.54, 1.807) is 42.8 Å². The lowest BCUT2D eigenvalue weighted by atomic mass is 10.0. The first-order chi connectivity index (χ1) is 6.91. The molecular weight excluding hydrogens is 194 g/mol. The third-order valence-corrected chi connectivity index (χ3v) is 2.68. The smallest absolute Gasteiger partial charge is 0.319 e. The van der Waals surface area contributed by atoms with Crippen molar-refractivity contribution < 1.29 is 9.59 Å². The zero-order chi connectivity index (χ0) is 11.6. The van der Waals surface area contributed by atoms with E-state index < -0.39 is 0 Å². The lowest BCUT2D eigenvalue weighted by Gasteiger charge is -2.41. The predicted molar refractivity (Wildman–Crippen MR) is 57.5 cm³/mol. The lowest BCUT2D eigenvalue weighted by Crippen LogP contribution is -2.56. The fourth-order valence-electron chi connectivity index (χ4n) is 1.64. The molecule has 0 aromatic rings. The molecule has 0 unspecified atom stereocenters. The maximum atomic E-state index is 11.5. The molecule has 1 rings (SSSR count). The second kappa shape index (κ2) is 4.51. The Bertz CT molecular complexity index is 259. The number of hydrogen-bond donors (Lipinski definition) is 0. The zero-order valence-corrected chi connectivity index (χ0v) is 9.86. The number of urea groups is 1. The van der Waals surface area contributed by atoms with Crippen molar-refractivity contribution in [1.29, 1.82) is 0 Å². The third-order valence-electron chi connectivity index (χ3n) is 2.68. The van der Waals surface area contributed by atoms with Crippen LogP contribution in [0, 0.1) is 5.92 Å². The van der Waals surface area contributed by atoms with E-state index in [1.165, 1.54) is 0 Å². The molecule has 1 saturated heterocycles. The van der Waals surface area contributed by atoms with Gasteiger partial charge in [-0.25, -0.2) is 4.79 Å². The average Bonchev–Trinajstić information content (AvgIpc) is 2.08. The van der Waals surface area contributed by atoms with Gasteiger partial charge >= 0.3 is 6.03 Å². The molecule has 1 aliphatic rings. The van der Waals surface area contributed by atoms with Gasteiger partial charge in [-0.05, 0) is 0 Å². The van der Waals surface area contributed by atoms with Crippen LogP contribution in [0.4, 0.5) is 4.79 Å². The largest absolute Gasteiger partial charge is 0.346 e. The first-order valence-electron chi connectivity index (χ1n) is 5.09. The minimum absolute atomic E-state index is 0.0525. The van der Waals surface area contributed by atoms with Gasteiger partial charge in [-0.1, -0.05) is 0 Å². The fourth-order valence-corrected chi connectivity index (χ4v) is 1.64. The van der Waals surface area contributed by atoms with Crippen LogP contribution < -0.4 is 0 Å². The average molecular weight is 213 g/mol. The Labute approximate surface area is 90.6 Å². The highest BCUT2D eigenvalue weighted by Crippen LogP contribution is 2.17. The van der Waals surface area contributed by atoms with Crippen molar-refractivity contribution in [3.8, 4) is 0 Å². The summed E-state index contributed by atoms with van der Waals surface area (Å²) in [6, 6.07) is 0.0525. The van der Waals surface area contributed by atoms with Crippen molar-refractivity contribution in [1.82, 2.24) is 14.7 Å². The molecule has 0 N–H and O–H groups in total. The van der Waals surface area contributed by atoms with Crippen LogP contribution >= 0.6 is 0 Å². The lowest BCUT2D eigenvalue weighted by molar-refractivity contribution is -0.128. The molecule has 0 aliphatic carbocycles. The molecule has 0 bridgehead atoms. The van der Waals surface area contributed by atoms with Crippen molar-refractivity contribution in [3.63, 3.8) is 0 Å². The monoisotopic (exact) mass is 213 g/mol. The molecule has 0 spiro atoms. The van der Waals surface area contributed by atoms with Crippen LogP contribution in [-0.2, 0) is 4.79 Å². The van der Waals surface area contributed by atoms with Crippen LogP contribution in [-0.4, -0.2) is 67.4 Å². The second-order valence-electron chi connectivity index (χ2n) is 4.35. The first-order valence-corrected chi connectivity index (χ1v) is 5.09. The van der Waals surface area contributed by atoms with Crippen LogP contribution in [0.2, 0.25) is 0 Å². The Hall–Kier alpha value is -1.26. The van der Waals surface area contributed by atoms with Gasteiger partial charge in [0.2, 0.25) is 5.91 Å². The Balaban J connectivity index is 2.26. The van der Waals surface area contributed by atoms with Gasteiger partial charge in [-0.2, -0.15) is 0 Å². The van der Waals surface area contributed by atoms with E-state index in [9.17, 15) is 9.59 Å². The minimum atomic E-state index is 0.0525. The van der Waals surface area contributed by atoms with Gasteiger partial charge in [-0.15, -0.1) is 0 Å². The van der Waals surface area contributed by atoms with Crippen molar-refractivity contribution in [2.24, 2.45) is 5.92 Å². The Morgan fingerprint density at radius 1 is 1.27 bits per heavy atom. The molecule has 0 saturated carbocycles. The minimum Gasteiger partial charge on any atom is -0.346 e. The summed E-state index contributed by atoms with van der Waals surface area (Å²) >= 11 is 0. The molecule has 5 heteroatoms. The third kappa shape index (κ3) is 2.84. The topological polar surface area (TPSA) is 43.9 Å². The van der Waals surface area contributed by atoms with Crippen LogP contribution in [0.5, 0.6) is 0 Å². The highest BCUT2D eigenvalue weighted by Gasteiger charge is 2.32. The van der Waals surface area contributed by atoms with Crippen molar-refractivity contribution >= 4 is 11.9 Å². The Kier molecular flexibility index (Phi) is 3.55. The maximum absolute atomic E-state index is 11.5. The van der Waals surface area contributed by atoms with E-state index in [-0.39, 0.29) is 11.9 Å². The fraction of sp³-hybridized carbons (Fsp3) is 0.800. The van der Waals surface area contributed by atoms with Crippen molar-refractivity contribution in [2.75, 3.05) is 40.8 Å². The second-order valence-corrected chi connectivity index (χ2v) is 4.35. The Morgan fingerprint density at radius 2 is 1.80 bits per heavy atom. The number of hydrogen-bond acceptors (Lipinski definition) is 2. The summed E-state index contributed by atoms with van der Waals surface area (Å²) in [4.78, 5) is 27.5. The van der Waals surface area contributed by atoms with E-state index in [4.69, 9.17) is 0 Å². The highest BCUT2D eigenvalue weighted by molar-refractivity contribution is 5.75. The Morgan fingerprint density at radius 3 is 2.20 bits per heavy atom. The molecule has 86 valence electrons. The first kappa shape index (κ1) is 11.8. The van der Waals surface area contributed by atoms with Gasteiger partial charge in [0.15, 0.2) is 0 Å². The van der Waals surface area contributed by atoms with Crippen LogP contribution in [0.1, 0.15) is 6.92 Å². The number of carbonyl (C=O) groups is 2. The highest BCUT2D eigenvalue weighted by atomic mass is 16.2. The molecule has 0 aromatic carbocycles. The SMILES string of the molecule is CC(=O)N(C)CC1CN(C(=O)N(C)C)C1. The van der Waals surface area contributed by atoms with Crippen LogP contribution in [0.15, 0.2) is 0 Å². The van der Waals surface area contributed by atoms with Gasteiger partial charge in [0.1, 0.15) is 0 Å². The van der Waals surface area contributed by atoms with Crippen molar-refractivity contribution in [2.45, 2.75) is 6.92 Å². The predicted octanol–water partition coefficient (Wildman–Crippen LogP) is 0.0781. The van der Waals surface area contributed by atoms with E-state index in [1.807, 2.05) is 0 Å². The van der Waals surface area contributed by atoms with Crippen LogP contribution in [0.25, 0.3) is 0 Å². The van der Waals surface area contributed by atoms with Gasteiger partial charge in [0, 0.05) is 53.6 Å². The molecule has 0 radical (unpaired) electrons. The molecule has 15 heavy (non-hydrogen) atoms. The van der Waals surface area contributed by atoms with E-state index in [0.29, 0.717) is 5.92 Å². The summed E-state index contributed by atoms with van der Waals surface area (Å²) in [6.07, 6.45) is 0. The summed E-state index contributed by atoms with van der Waals surface area (Å²) in [6.45, 7) is 3.82. The van der Waals surface area contributed by atoms with E-state index in [2.05, 4.69) is 0 Å². The number of likely N-dealkylation sites (tertiary alicyclic amines) is 1. The maximum Gasteiger partial charge on any atom is 0.319 e. The number of carbonyl (C=O) groups excluding carboxylic acids is 2.